The Morgan fingerprint density at radius 1 is 1.26 bits per heavy atom. The molecule has 1 fully saturated rings. The van der Waals surface area contributed by atoms with Gasteiger partial charge in [0, 0.05) is 20.6 Å². The van der Waals surface area contributed by atoms with E-state index in [1.54, 1.807) is 0 Å². The maximum Gasteiger partial charge on any atom is 0.338 e. The fraction of sp³-hybridized carbons (Fsp3) is 0.471. The van der Waals surface area contributed by atoms with Gasteiger partial charge in [0.15, 0.2) is 6.61 Å². The Labute approximate surface area is 158 Å². The molecule has 1 heterocycles. The predicted molar refractivity (Wildman–Crippen MR) is 96.1 cm³/mol. The van der Waals surface area contributed by atoms with Gasteiger partial charge in [0.25, 0.3) is 5.91 Å². The van der Waals surface area contributed by atoms with Gasteiger partial charge in [-0.25, -0.2) is 17.5 Å². The number of rotatable bonds is 6. The lowest BCUT2D eigenvalue weighted by Crippen LogP contribution is -2.51. The van der Waals surface area contributed by atoms with Gasteiger partial charge < -0.3 is 15.4 Å². The third kappa shape index (κ3) is 4.83. The van der Waals surface area contributed by atoms with Crippen LogP contribution in [0.4, 0.5) is 0 Å². The van der Waals surface area contributed by atoms with Crippen molar-refractivity contribution in [3.05, 3.63) is 29.8 Å². The molecule has 2 amide bonds. The first-order chi connectivity index (χ1) is 12.6. The summed E-state index contributed by atoms with van der Waals surface area (Å²) in [4.78, 5) is 37.2. The van der Waals surface area contributed by atoms with E-state index in [1.807, 2.05) is 0 Å². The van der Waals surface area contributed by atoms with E-state index >= 15 is 0 Å². The number of benzene rings is 1. The van der Waals surface area contributed by atoms with Crippen LogP contribution in [0.3, 0.4) is 0 Å². The van der Waals surface area contributed by atoms with Crippen LogP contribution in [-0.2, 0) is 24.3 Å². The Hall–Kier alpha value is -2.46. The van der Waals surface area contributed by atoms with Crippen molar-refractivity contribution in [1.29, 1.82) is 0 Å². The molecule has 1 atom stereocenters. The van der Waals surface area contributed by atoms with Crippen molar-refractivity contribution < 1.29 is 27.5 Å². The molecular weight excluding hydrogens is 374 g/mol. The van der Waals surface area contributed by atoms with Crippen molar-refractivity contribution in [3.63, 3.8) is 0 Å². The number of nitrogens with zero attached hydrogens (tertiary/aromatic N) is 2. The standard InChI is InChI=1S/C17H23N3O6S/c1-19(2)27(24,25)13-7-5-6-12(10-13)17(23)26-11-15(21)20-9-4-3-8-14(20)16(18)22/h5-7,10,14H,3-4,8-9,11H2,1-2H3,(H2,18,22)/t14-/m1/s1. The summed E-state index contributed by atoms with van der Waals surface area (Å²) in [6, 6.07) is 4.67. The van der Waals surface area contributed by atoms with Crippen LogP contribution >= 0.6 is 0 Å². The third-order valence-corrected chi connectivity index (χ3v) is 6.14. The number of hydrogen-bond donors (Lipinski definition) is 1. The molecule has 1 saturated heterocycles. The predicted octanol–water partition coefficient (Wildman–Crippen LogP) is -0.0399. The van der Waals surface area contributed by atoms with E-state index < -0.39 is 40.5 Å². The minimum absolute atomic E-state index is 0.0100. The number of nitrogens with two attached hydrogens (primary N) is 1. The molecule has 148 valence electrons. The Kier molecular flexibility index (Phi) is 6.55. The number of likely N-dealkylation sites (tertiary alicyclic amines) is 1. The summed E-state index contributed by atoms with van der Waals surface area (Å²) < 4.78 is 30.3. The van der Waals surface area contributed by atoms with Crippen LogP contribution in [0.5, 0.6) is 0 Å². The maximum absolute atomic E-state index is 12.3. The van der Waals surface area contributed by atoms with Crippen LogP contribution < -0.4 is 5.73 Å². The molecule has 0 unspecified atom stereocenters. The van der Waals surface area contributed by atoms with Crippen LogP contribution in [0, 0.1) is 0 Å². The summed E-state index contributed by atoms with van der Waals surface area (Å²) in [7, 11) is -0.936. The number of carbonyl (C=O) groups is 3. The fourth-order valence-corrected chi connectivity index (χ4v) is 3.76. The van der Waals surface area contributed by atoms with Crippen molar-refractivity contribution in [2.75, 3.05) is 27.2 Å². The minimum atomic E-state index is -3.70. The molecular formula is C17H23N3O6S. The number of ether oxygens (including phenoxy) is 1. The molecule has 9 nitrogen and oxygen atoms in total. The van der Waals surface area contributed by atoms with E-state index in [-0.39, 0.29) is 10.5 Å². The highest BCUT2D eigenvalue weighted by molar-refractivity contribution is 7.89. The highest BCUT2D eigenvalue weighted by Crippen LogP contribution is 2.18. The van der Waals surface area contributed by atoms with Gasteiger partial charge in [-0.05, 0) is 37.5 Å². The summed E-state index contributed by atoms with van der Waals surface area (Å²) in [5, 5.41) is 0. The summed E-state index contributed by atoms with van der Waals surface area (Å²) in [5.74, 6) is -1.92. The second kappa shape index (κ2) is 8.49. The number of sulfonamides is 1. The number of primary amides is 1. The number of esters is 1. The van der Waals surface area contributed by atoms with Crippen LogP contribution in [0.2, 0.25) is 0 Å². The van der Waals surface area contributed by atoms with Gasteiger partial charge in [-0.2, -0.15) is 0 Å². The van der Waals surface area contributed by atoms with E-state index in [4.69, 9.17) is 10.5 Å². The van der Waals surface area contributed by atoms with Gasteiger partial charge in [-0.1, -0.05) is 6.07 Å². The molecule has 0 saturated carbocycles. The Bertz CT molecular complexity index is 837. The van der Waals surface area contributed by atoms with E-state index in [2.05, 4.69) is 0 Å². The SMILES string of the molecule is CN(C)S(=O)(=O)c1cccc(C(=O)OCC(=O)N2CCCC[C@@H]2C(N)=O)c1. The lowest BCUT2D eigenvalue weighted by atomic mass is 10.0. The van der Waals surface area contributed by atoms with Gasteiger partial charge in [0.05, 0.1) is 10.5 Å². The van der Waals surface area contributed by atoms with Crippen molar-refractivity contribution >= 4 is 27.8 Å². The molecule has 1 aliphatic rings. The Balaban J connectivity index is 2.05. The molecule has 0 radical (unpaired) electrons. The zero-order valence-electron chi connectivity index (χ0n) is 15.3. The van der Waals surface area contributed by atoms with E-state index in [1.165, 1.54) is 43.3 Å². The highest BCUT2D eigenvalue weighted by Gasteiger charge is 2.31. The van der Waals surface area contributed by atoms with Gasteiger partial charge in [-0.3, -0.25) is 9.59 Å². The molecule has 0 aliphatic carbocycles. The van der Waals surface area contributed by atoms with Gasteiger partial charge >= 0.3 is 5.97 Å². The number of piperidine rings is 1. The van der Waals surface area contributed by atoms with Gasteiger partial charge in [0.1, 0.15) is 6.04 Å². The first kappa shape index (κ1) is 20.8. The summed E-state index contributed by atoms with van der Waals surface area (Å²) in [5.41, 5.74) is 5.33. The van der Waals surface area contributed by atoms with E-state index in [0.29, 0.717) is 13.0 Å². The van der Waals surface area contributed by atoms with E-state index in [9.17, 15) is 22.8 Å². The van der Waals surface area contributed by atoms with Crippen LogP contribution in [0.1, 0.15) is 29.6 Å². The van der Waals surface area contributed by atoms with Gasteiger partial charge in [-0.15, -0.1) is 0 Å². The van der Waals surface area contributed by atoms with Crippen molar-refractivity contribution in [1.82, 2.24) is 9.21 Å². The second-order valence-corrected chi connectivity index (χ2v) is 8.54. The topological polar surface area (TPSA) is 127 Å². The molecule has 1 aromatic rings. The summed E-state index contributed by atoms with van der Waals surface area (Å²) in [6.45, 7) is -0.173. The first-order valence-corrected chi connectivity index (χ1v) is 9.87. The van der Waals surface area contributed by atoms with Crippen molar-refractivity contribution in [3.8, 4) is 0 Å². The first-order valence-electron chi connectivity index (χ1n) is 8.43. The van der Waals surface area contributed by atoms with Crippen molar-refractivity contribution in [2.45, 2.75) is 30.2 Å². The second-order valence-electron chi connectivity index (χ2n) is 6.39. The highest BCUT2D eigenvalue weighted by atomic mass is 32.2. The molecule has 2 N–H and O–H groups in total. The molecule has 27 heavy (non-hydrogen) atoms. The average Bonchev–Trinajstić information content (AvgIpc) is 2.65. The summed E-state index contributed by atoms with van der Waals surface area (Å²) in [6.07, 6.45) is 2.03. The zero-order chi connectivity index (χ0) is 20.2. The van der Waals surface area contributed by atoms with Crippen molar-refractivity contribution in [2.24, 2.45) is 5.73 Å². The normalized spacial score (nSPS) is 17.6. The summed E-state index contributed by atoms with van der Waals surface area (Å²) >= 11 is 0. The lowest BCUT2D eigenvalue weighted by molar-refractivity contribution is -0.143. The smallest absolute Gasteiger partial charge is 0.338 e. The minimum Gasteiger partial charge on any atom is -0.452 e. The lowest BCUT2D eigenvalue weighted by Gasteiger charge is -2.33. The molecule has 10 heteroatoms. The molecule has 1 aliphatic heterocycles. The maximum atomic E-state index is 12.3. The van der Waals surface area contributed by atoms with Crippen LogP contribution in [0.25, 0.3) is 0 Å². The molecule has 0 bridgehead atoms. The molecule has 1 aromatic carbocycles. The third-order valence-electron chi connectivity index (χ3n) is 4.33. The largest absolute Gasteiger partial charge is 0.452 e. The Morgan fingerprint density at radius 3 is 2.59 bits per heavy atom. The van der Waals surface area contributed by atoms with Crippen LogP contribution in [-0.4, -0.2) is 68.7 Å². The average molecular weight is 397 g/mol. The number of hydrogen-bond acceptors (Lipinski definition) is 6. The zero-order valence-corrected chi connectivity index (χ0v) is 16.1. The Morgan fingerprint density at radius 2 is 1.96 bits per heavy atom. The monoisotopic (exact) mass is 397 g/mol. The molecule has 0 spiro atoms. The number of carbonyl (C=O) groups excluding carboxylic acids is 3. The van der Waals surface area contributed by atoms with E-state index in [0.717, 1.165) is 17.1 Å². The quantitative estimate of drug-likeness (QED) is 0.671. The fourth-order valence-electron chi connectivity index (χ4n) is 2.81. The van der Waals surface area contributed by atoms with Gasteiger partial charge in [0.2, 0.25) is 15.9 Å². The van der Waals surface area contributed by atoms with Crippen LogP contribution in [0.15, 0.2) is 29.2 Å². The molecule has 2 rings (SSSR count). The number of amides is 2. The molecule has 0 aromatic heterocycles.